The molecule has 0 unspecified atom stereocenters. The van der Waals surface area contributed by atoms with Crippen LogP contribution in [0.5, 0.6) is 0 Å². The van der Waals surface area contributed by atoms with Crippen molar-refractivity contribution in [1.82, 2.24) is 4.90 Å². The van der Waals surface area contributed by atoms with Crippen LogP contribution in [0.2, 0.25) is 5.02 Å². The van der Waals surface area contributed by atoms with Crippen LogP contribution in [0.25, 0.3) is 10.8 Å². The molecule has 2 aromatic carbocycles. The summed E-state index contributed by atoms with van der Waals surface area (Å²) in [6.45, 7) is 8.55. The minimum atomic E-state index is -0.458. The first kappa shape index (κ1) is 16.9. The summed E-state index contributed by atoms with van der Waals surface area (Å²) in [7, 11) is 0. The van der Waals surface area contributed by atoms with Crippen molar-refractivity contribution < 1.29 is 9.53 Å². The summed E-state index contributed by atoms with van der Waals surface area (Å²) in [5, 5.41) is 3.06. The average molecular weight is 347 g/mol. The lowest BCUT2D eigenvalue weighted by Crippen LogP contribution is -2.50. The number of fused-ring (bicyclic) bond motifs is 1. The highest BCUT2D eigenvalue weighted by Gasteiger charge is 2.26. The van der Waals surface area contributed by atoms with E-state index in [2.05, 4.69) is 23.1 Å². The zero-order valence-corrected chi connectivity index (χ0v) is 15.1. The molecule has 128 valence electrons. The third-order valence-corrected chi connectivity index (χ3v) is 4.33. The second-order valence-electron chi connectivity index (χ2n) is 7.10. The number of piperazine rings is 1. The standard InChI is InChI=1S/C19H23ClN2O2/c1-19(2,3)24-18(23)22-11-9-21(10-12-22)17-6-4-5-14-7-8-15(20)13-16(14)17/h4-8,13H,9-12H2,1-3H3. The van der Waals surface area contributed by atoms with E-state index in [0.717, 1.165) is 23.5 Å². The molecule has 1 saturated heterocycles. The van der Waals surface area contributed by atoms with Crippen molar-refractivity contribution >= 4 is 34.2 Å². The molecule has 5 heteroatoms. The highest BCUT2D eigenvalue weighted by Crippen LogP contribution is 2.30. The van der Waals surface area contributed by atoms with Crippen molar-refractivity contribution in [2.45, 2.75) is 26.4 Å². The molecule has 3 rings (SSSR count). The van der Waals surface area contributed by atoms with E-state index in [1.807, 2.05) is 39.0 Å². The molecule has 24 heavy (non-hydrogen) atoms. The number of hydrogen-bond acceptors (Lipinski definition) is 3. The molecule has 0 bridgehead atoms. The molecule has 4 nitrogen and oxygen atoms in total. The van der Waals surface area contributed by atoms with Gasteiger partial charge in [0.05, 0.1) is 0 Å². The van der Waals surface area contributed by atoms with Gasteiger partial charge in [-0.15, -0.1) is 0 Å². The van der Waals surface area contributed by atoms with Crippen molar-refractivity contribution in [1.29, 1.82) is 0 Å². The summed E-state index contributed by atoms with van der Waals surface area (Å²) in [4.78, 5) is 16.3. The van der Waals surface area contributed by atoms with Crippen LogP contribution in [0.1, 0.15) is 20.8 Å². The Hall–Kier alpha value is -1.94. The fourth-order valence-electron chi connectivity index (χ4n) is 2.96. The Morgan fingerprint density at radius 2 is 1.79 bits per heavy atom. The molecule has 0 aliphatic carbocycles. The molecule has 2 aromatic rings. The van der Waals surface area contributed by atoms with E-state index in [4.69, 9.17) is 16.3 Å². The molecule has 1 heterocycles. The van der Waals surface area contributed by atoms with E-state index >= 15 is 0 Å². The van der Waals surface area contributed by atoms with E-state index in [9.17, 15) is 4.79 Å². The zero-order chi connectivity index (χ0) is 17.3. The van der Waals surface area contributed by atoms with Gasteiger partial charge in [0, 0.05) is 42.3 Å². The fraction of sp³-hybridized carbons (Fsp3) is 0.421. The SMILES string of the molecule is CC(C)(C)OC(=O)N1CCN(c2cccc3ccc(Cl)cc23)CC1. The van der Waals surface area contributed by atoms with Gasteiger partial charge in [0.1, 0.15) is 5.60 Å². The highest BCUT2D eigenvalue weighted by molar-refractivity contribution is 6.31. The number of benzene rings is 2. The lowest BCUT2D eigenvalue weighted by atomic mass is 10.1. The van der Waals surface area contributed by atoms with Crippen LogP contribution >= 0.6 is 11.6 Å². The number of carbonyl (C=O) groups is 1. The first-order valence-electron chi connectivity index (χ1n) is 8.25. The molecule has 0 atom stereocenters. The summed E-state index contributed by atoms with van der Waals surface area (Å²) in [6.07, 6.45) is -0.233. The summed E-state index contributed by atoms with van der Waals surface area (Å²) < 4.78 is 5.46. The van der Waals surface area contributed by atoms with Gasteiger partial charge < -0.3 is 14.5 Å². The topological polar surface area (TPSA) is 32.8 Å². The van der Waals surface area contributed by atoms with Gasteiger partial charge in [-0.3, -0.25) is 0 Å². The predicted octanol–water partition coefficient (Wildman–Crippen LogP) is 4.55. The van der Waals surface area contributed by atoms with E-state index in [1.54, 1.807) is 4.90 Å². The Bertz CT molecular complexity index is 747. The van der Waals surface area contributed by atoms with Crippen molar-refractivity contribution in [3.05, 3.63) is 41.4 Å². The second kappa shape index (κ2) is 6.52. The molecular formula is C19H23ClN2O2. The number of nitrogens with zero attached hydrogens (tertiary/aromatic N) is 2. The fourth-order valence-corrected chi connectivity index (χ4v) is 3.13. The number of halogens is 1. The molecule has 0 aromatic heterocycles. The predicted molar refractivity (Wildman–Crippen MR) is 99.0 cm³/mol. The minimum Gasteiger partial charge on any atom is -0.444 e. The van der Waals surface area contributed by atoms with Gasteiger partial charge in [0.25, 0.3) is 0 Å². The molecule has 1 amide bonds. The first-order chi connectivity index (χ1) is 11.3. The third-order valence-electron chi connectivity index (χ3n) is 4.09. The van der Waals surface area contributed by atoms with Crippen molar-refractivity contribution in [3.8, 4) is 0 Å². The van der Waals surface area contributed by atoms with Gasteiger partial charge in [-0.25, -0.2) is 4.79 Å². The summed E-state index contributed by atoms with van der Waals surface area (Å²) >= 11 is 6.17. The Morgan fingerprint density at radius 3 is 2.46 bits per heavy atom. The lowest BCUT2D eigenvalue weighted by molar-refractivity contribution is 0.0241. The van der Waals surface area contributed by atoms with E-state index in [0.29, 0.717) is 13.1 Å². The van der Waals surface area contributed by atoms with Gasteiger partial charge in [0.2, 0.25) is 0 Å². The van der Waals surface area contributed by atoms with Crippen LogP contribution in [-0.2, 0) is 4.74 Å². The number of hydrogen-bond donors (Lipinski definition) is 0. The third kappa shape index (κ3) is 3.75. The van der Waals surface area contributed by atoms with Gasteiger partial charge >= 0.3 is 6.09 Å². The van der Waals surface area contributed by atoms with Crippen LogP contribution in [0, 0.1) is 0 Å². The number of ether oxygens (including phenoxy) is 1. The molecule has 0 radical (unpaired) electrons. The van der Waals surface area contributed by atoms with Gasteiger partial charge in [0.15, 0.2) is 0 Å². The normalized spacial score (nSPS) is 15.7. The second-order valence-corrected chi connectivity index (χ2v) is 7.53. The molecule has 1 aliphatic heterocycles. The number of rotatable bonds is 1. The number of amides is 1. The quantitative estimate of drug-likeness (QED) is 0.759. The molecule has 0 spiro atoms. The summed E-state index contributed by atoms with van der Waals surface area (Å²) in [5.41, 5.74) is 0.708. The van der Waals surface area contributed by atoms with Crippen LogP contribution in [-0.4, -0.2) is 42.8 Å². The van der Waals surface area contributed by atoms with Crippen LogP contribution in [0.15, 0.2) is 36.4 Å². The first-order valence-corrected chi connectivity index (χ1v) is 8.62. The largest absolute Gasteiger partial charge is 0.444 e. The monoisotopic (exact) mass is 346 g/mol. The Labute approximate surface area is 147 Å². The van der Waals surface area contributed by atoms with Gasteiger partial charge in [-0.2, -0.15) is 0 Å². The molecule has 1 fully saturated rings. The smallest absolute Gasteiger partial charge is 0.410 e. The lowest BCUT2D eigenvalue weighted by Gasteiger charge is -2.37. The average Bonchev–Trinajstić information content (AvgIpc) is 2.53. The maximum absolute atomic E-state index is 12.2. The van der Waals surface area contributed by atoms with E-state index < -0.39 is 5.60 Å². The Balaban J connectivity index is 1.73. The number of carbonyl (C=O) groups excluding carboxylic acids is 1. The molecular weight excluding hydrogens is 324 g/mol. The summed E-state index contributed by atoms with van der Waals surface area (Å²) in [6, 6.07) is 12.2. The van der Waals surface area contributed by atoms with Crippen molar-refractivity contribution in [2.75, 3.05) is 31.1 Å². The van der Waals surface area contributed by atoms with Crippen molar-refractivity contribution in [3.63, 3.8) is 0 Å². The van der Waals surface area contributed by atoms with Crippen LogP contribution < -0.4 is 4.90 Å². The maximum atomic E-state index is 12.2. The zero-order valence-electron chi connectivity index (χ0n) is 14.4. The Morgan fingerprint density at radius 1 is 1.08 bits per heavy atom. The molecule has 0 saturated carbocycles. The van der Waals surface area contributed by atoms with E-state index in [1.165, 1.54) is 11.1 Å². The number of anilines is 1. The van der Waals surface area contributed by atoms with Crippen LogP contribution in [0.3, 0.4) is 0 Å². The van der Waals surface area contributed by atoms with Gasteiger partial charge in [-0.05, 0) is 44.4 Å². The van der Waals surface area contributed by atoms with Gasteiger partial charge in [-0.1, -0.05) is 29.8 Å². The molecule has 0 N–H and O–H groups in total. The van der Waals surface area contributed by atoms with Crippen molar-refractivity contribution in [2.24, 2.45) is 0 Å². The summed E-state index contributed by atoms with van der Waals surface area (Å²) in [5.74, 6) is 0. The van der Waals surface area contributed by atoms with Crippen LogP contribution in [0.4, 0.5) is 10.5 Å². The molecule has 1 aliphatic rings. The minimum absolute atomic E-state index is 0.233. The highest BCUT2D eigenvalue weighted by atomic mass is 35.5. The maximum Gasteiger partial charge on any atom is 0.410 e. The Kier molecular flexibility index (Phi) is 4.59. The van der Waals surface area contributed by atoms with E-state index in [-0.39, 0.29) is 6.09 Å².